The van der Waals surface area contributed by atoms with Crippen LogP contribution >= 0.6 is 24.2 Å². The van der Waals surface area contributed by atoms with E-state index in [0.717, 1.165) is 12.8 Å². The maximum atomic E-state index is 13.7. The summed E-state index contributed by atoms with van der Waals surface area (Å²) in [5, 5.41) is 2.45. The van der Waals surface area contributed by atoms with E-state index in [1.165, 1.54) is 17.8 Å². The molecule has 0 aromatic heterocycles. The van der Waals surface area contributed by atoms with E-state index in [2.05, 4.69) is 5.32 Å². The van der Waals surface area contributed by atoms with Crippen LogP contribution in [-0.4, -0.2) is 52.9 Å². The zero-order valence-corrected chi connectivity index (χ0v) is 15.5. The third kappa shape index (κ3) is 4.86. The average Bonchev–Trinajstić information content (AvgIpc) is 2.58. The fourth-order valence-corrected chi connectivity index (χ4v) is 4.25. The lowest BCUT2D eigenvalue weighted by Crippen LogP contribution is -2.57. The molecule has 2 aliphatic rings. The van der Waals surface area contributed by atoms with Crippen molar-refractivity contribution < 1.29 is 14.0 Å². The normalized spacial score (nSPS) is 24.4. The lowest BCUT2D eigenvalue weighted by atomic mass is 10.0. The molecule has 0 spiro atoms. The van der Waals surface area contributed by atoms with E-state index < -0.39 is 6.04 Å². The van der Waals surface area contributed by atoms with E-state index >= 15 is 0 Å². The van der Waals surface area contributed by atoms with Crippen LogP contribution in [0.25, 0.3) is 0 Å². The number of hydrogen-bond donors (Lipinski definition) is 2. The molecular formula is C17H23ClFN3O2S. The van der Waals surface area contributed by atoms with Gasteiger partial charge in [0.15, 0.2) is 0 Å². The lowest BCUT2D eigenvalue weighted by Gasteiger charge is -2.35. The third-order valence-corrected chi connectivity index (χ3v) is 5.89. The summed E-state index contributed by atoms with van der Waals surface area (Å²) < 4.78 is 13.7. The van der Waals surface area contributed by atoms with Crippen LogP contribution in [0.4, 0.5) is 4.39 Å². The number of carbonyl (C=O) groups excluding carboxylic acids is 2. The Kier molecular flexibility index (Phi) is 7.10. The van der Waals surface area contributed by atoms with E-state index in [1.54, 1.807) is 23.1 Å². The van der Waals surface area contributed by atoms with Crippen LogP contribution in [0.5, 0.6) is 0 Å². The standard InChI is InChI=1S/C17H22FN3O2S.ClH/c18-13-4-2-1-3-11(13)9-15-16(22)20-14(10-24-15)17(23)21-7-5-12(19)6-8-21;/h1-4,12,14-15H,5-10,19H2,(H,20,22);1H. The minimum absolute atomic E-state index is 0. The summed E-state index contributed by atoms with van der Waals surface area (Å²) in [6.45, 7) is 1.30. The van der Waals surface area contributed by atoms with Gasteiger partial charge < -0.3 is 16.0 Å². The molecule has 0 saturated carbocycles. The van der Waals surface area contributed by atoms with Crippen molar-refractivity contribution in [1.29, 1.82) is 0 Å². The zero-order valence-electron chi connectivity index (χ0n) is 13.8. The summed E-state index contributed by atoms with van der Waals surface area (Å²) >= 11 is 1.42. The molecule has 0 bridgehead atoms. The minimum Gasteiger partial charge on any atom is -0.343 e. The number of nitrogens with one attached hydrogen (secondary N) is 1. The maximum Gasteiger partial charge on any atom is 0.246 e. The number of piperidine rings is 1. The van der Waals surface area contributed by atoms with Gasteiger partial charge in [-0.25, -0.2) is 4.39 Å². The van der Waals surface area contributed by atoms with Crippen LogP contribution in [-0.2, 0) is 16.0 Å². The van der Waals surface area contributed by atoms with Crippen LogP contribution in [0.2, 0.25) is 0 Å². The quantitative estimate of drug-likeness (QED) is 0.820. The largest absolute Gasteiger partial charge is 0.343 e. The van der Waals surface area contributed by atoms with E-state index in [-0.39, 0.29) is 41.3 Å². The second kappa shape index (κ2) is 8.87. The number of nitrogens with zero attached hydrogens (tertiary/aromatic N) is 1. The van der Waals surface area contributed by atoms with Crippen LogP contribution in [0, 0.1) is 5.82 Å². The van der Waals surface area contributed by atoms with Gasteiger partial charge in [-0.05, 0) is 30.9 Å². The van der Waals surface area contributed by atoms with Crippen LogP contribution in [0.15, 0.2) is 24.3 Å². The maximum absolute atomic E-state index is 13.7. The lowest BCUT2D eigenvalue weighted by molar-refractivity contribution is -0.136. The molecule has 3 rings (SSSR count). The van der Waals surface area contributed by atoms with Crippen molar-refractivity contribution in [2.24, 2.45) is 5.73 Å². The molecule has 5 nitrogen and oxygen atoms in total. The molecule has 2 amide bonds. The molecule has 2 atom stereocenters. The highest BCUT2D eigenvalue weighted by Gasteiger charge is 2.35. The Balaban J connectivity index is 0.00000225. The Bertz CT molecular complexity index is 626. The molecule has 1 aromatic carbocycles. The SMILES string of the molecule is Cl.NC1CCN(C(=O)C2CSC(Cc3ccccc3F)C(=O)N2)CC1. The first-order valence-electron chi connectivity index (χ1n) is 8.24. The topological polar surface area (TPSA) is 75.4 Å². The second-order valence-corrected chi connectivity index (χ2v) is 7.58. The fraction of sp³-hybridized carbons (Fsp3) is 0.529. The number of carbonyl (C=O) groups is 2. The highest BCUT2D eigenvalue weighted by atomic mass is 35.5. The van der Waals surface area contributed by atoms with Gasteiger partial charge >= 0.3 is 0 Å². The van der Waals surface area contributed by atoms with E-state index in [0.29, 0.717) is 30.8 Å². The van der Waals surface area contributed by atoms with Gasteiger partial charge in [0.25, 0.3) is 0 Å². The number of hydrogen-bond acceptors (Lipinski definition) is 4. The zero-order chi connectivity index (χ0) is 17.1. The van der Waals surface area contributed by atoms with E-state index in [1.807, 2.05) is 0 Å². The third-order valence-electron chi connectivity index (χ3n) is 4.59. The summed E-state index contributed by atoms with van der Waals surface area (Å²) in [5.74, 6) is -0.00546. The molecular weight excluding hydrogens is 365 g/mol. The molecule has 2 unspecified atom stereocenters. The van der Waals surface area contributed by atoms with Gasteiger partial charge in [0.05, 0.1) is 5.25 Å². The van der Waals surface area contributed by atoms with Crippen molar-refractivity contribution in [3.05, 3.63) is 35.6 Å². The second-order valence-electron chi connectivity index (χ2n) is 6.34. The molecule has 8 heteroatoms. The van der Waals surface area contributed by atoms with Gasteiger partial charge in [0.2, 0.25) is 11.8 Å². The van der Waals surface area contributed by atoms with Crippen molar-refractivity contribution in [3.8, 4) is 0 Å². The Labute approximate surface area is 157 Å². The van der Waals surface area contributed by atoms with Crippen LogP contribution in [0.3, 0.4) is 0 Å². The fourth-order valence-electron chi connectivity index (χ4n) is 3.08. The molecule has 0 radical (unpaired) electrons. The van der Waals surface area contributed by atoms with Gasteiger partial charge in [-0.15, -0.1) is 24.2 Å². The van der Waals surface area contributed by atoms with E-state index in [9.17, 15) is 14.0 Å². The monoisotopic (exact) mass is 387 g/mol. The predicted octanol–water partition coefficient (Wildman–Crippen LogP) is 1.34. The number of likely N-dealkylation sites (tertiary alicyclic amines) is 1. The number of halogens is 2. The molecule has 2 aliphatic heterocycles. The summed E-state index contributed by atoms with van der Waals surface area (Å²) in [6, 6.07) is 6.15. The number of nitrogens with two attached hydrogens (primary N) is 1. The summed E-state index contributed by atoms with van der Waals surface area (Å²) in [4.78, 5) is 26.6. The average molecular weight is 388 g/mol. The number of rotatable bonds is 3. The molecule has 1 aromatic rings. The first-order valence-corrected chi connectivity index (χ1v) is 9.29. The van der Waals surface area contributed by atoms with Gasteiger partial charge in [-0.3, -0.25) is 9.59 Å². The first kappa shape index (κ1) is 20.0. The summed E-state index contributed by atoms with van der Waals surface area (Å²) in [6.07, 6.45) is 1.94. The first-order chi connectivity index (χ1) is 11.5. The molecule has 2 fully saturated rings. The molecule has 0 aliphatic carbocycles. The van der Waals surface area contributed by atoms with Crippen molar-refractivity contribution in [1.82, 2.24) is 10.2 Å². The summed E-state index contributed by atoms with van der Waals surface area (Å²) in [7, 11) is 0. The Hall–Kier alpha value is -1.31. The minimum atomic E-state index is -0.492. The highest BCUT2D eigenvalue weighted by molar-refractivity contribution is 8.00. The Morgan fingerprint density at radius 2 is 2.00 bits per heavy atom. The Morgan fingerprint density at radius 1 is 1.32 bits per heavy atom. The Morgan fingerprint density at radius 3 is 2.64 bits per heavy atom. The number of thioether (sulfide) groups is 1. The smallest absolute Gasteiger partial charge is 0.246 e. The van der Waals surface area contributed by atoms with Gasteiger partial charge in [-0.2, -0.15) is 0 Å². The van der Waals surface area contributed by atoms with Crippen LogP contribution < -0.4 is 11.1 Å². The van der Waals surface area contributed by atoms with Gasteiger partial charge in [0.1, 0.15) is 11.9 Å². The molecule has 2 saturated heterocycles. The van der Waals surface area contributed by atoms with Crippen molar-refractivity contribution in [2.75, 3.05) is 18.8 Å². The number of amides is 2. The number of benzene rings is 1. The molecule has 138 valence electrons. The van der Waals surface area contributed by atoms with Gasteiger partial charge in [0, 0.05) is 24.9 Å². The molecule has 2 heterocycles. The summed E-state index contributed by atoms with van der Waals surface area (Å²) in [5.41, 5.74) is 6.39. The predicted molar refractivity (Wildman–Crippen MR) is 99.3 cm³/mol. The van der Waals surface area contributed by atoms with Crippen LogP contribution in [0.1, 0.15) is 18.4 Å². The van der Waals surface area contributed by atoms with Crippen molar-refractivity contribution in [3.63, 3.8) is 0 Å². The molecule has 25 heavy (non-hydrogen) atoms. The van der Waals surface area contributed by atoms with E-state index in [4.69, 9.17) is 5.73 Å². The molecule has 3 N–H and O–H groups in total. The highest BCUT2D eigenvalue weighted by Crippen LogP contribution is 2.24. The van der Waals surface area contributed by atoms with Crippen molar-refractivity contribution in [2.45, 2.75) is 36.6 Å². The van der Waals surface area contributed by atoms with Crippen molar-refractivity contribution >= 4 is 36.0 Å². The van der Waals surface area contributed by atoms with Gasteiger partial charge in [-0.1, -0.05) is 18.2 Å².